The van der Waals surface area contributed by atoms with Gasteiger partial charge in [-0.3, -0.25) is 0 Å². The van der Waals surface area contributed by atoms with E-state index in [-0.39, 0.29) is 11.5 Å². The minimum atomic E-state index is -0.224. The van der Waals surface area contributed by atoms with Crippen molar-refractivity contribution in [1.82, 2.24) is 4.90 Å². The van der Waals surface area contributed by atoms with E-state index < -0.39 is 0 Å². The van der Waals surface area contributed by atoms with Crippen LogP contribution in [0.25, 0.3) is 0 Å². The number of rotatable bonds is 3. The standard InChI is InChI=1S/C11H23NOS/c1-10(13)11(2,3)9-12-5-4-7-14-8-6-12/h10,13H,4-9H2,1-3H3. The highest BCUT2D eigenvalue weighted by atomic mass is 32.2. The Morgan fingerprint density at radius 3 is 2.71 bits per heavy atom. The summed E-state index contributed by atoms with van der Waals surface area (Å²) >= 11 is 2.05. The average Bonchev–Trinajstić information content (AvgIpc) is 2.32. The number of aliphatic hydroxyl groups is 1. The van der Waals surface area contributed by atoms with Crippen LogP contribution in [-0.4, -0.2) is 47.3 Å². The first-order valence-electron chi connectivity index (χ1n) is 5.50. The van der Waals surface area contributed by atoms with Gasteiger partial charge in [0.05, 0.1) is 6.10 Å². The van der Waals surface area contributed by atoms with Gasteiger partial charge in [0.1, 0.15) is 0 Å². The fourth-order valence-corrected chi connectivity index (χ4v) is 2.59. The molecular weight excluding hydrogens is 194 g/mol. The highest BCUT2D eigenvalue weighted by Crippen LogP contribution is 2.23. The molecule has 0 aromatic carbocycles. The molecule has 14 heavy (non-hydrogen) atoms. The third-order valence-corrected chi connectivity index (χ3v) is 4.13. The molecule has 0 aromatic rings. The zero-order valence-electron chi connectivity index (χ0n) is 9.62. The van der Waals surface area contributed by atoms with Gasteiger partial charge in [0, 0.05) is 24.3 Å². The summed E-state index contributed by atoms with van der Waals surface area (Å²) in [4.78, 5) is 2.49. The molecule has 1 atom stereocenters. The van der Waals surface area contributed by atoms with E-state index in [4.69, 9.17) is 0 Å². The van der Waals surface area contributed by atoms with Gasteiger partial charge in [0.25, 0.3) is 0 Å². The Labute approximate surface area is 92.1 Å². The smallest absolute Gasteiger partial charge is 0.0575 e. The first-order chi connectivity index (χ1) is 6.52. The van der Waals surface area contributed by atoms with Gasteiger partial charge >= 0.3 is 0 Å². The van der Waals surface area contributed by atoms with E-state index in [1.54, 1.807) is 0 Å². The summed E-state index contributed by atoms with van der Waals surface area (Å²) in [7, 11) is 0. The largest absolute Gasteiger partial charge is 0.393 e. The molecule has 1 saturated heterocycles. The maximum atomic E-state index is 9.65. The fourth-order valence-electron chi connectivity index (χ4n) is 1.66. The maximum Gasteiger partial charge on any atom is 0.0575 e. The van der Waals surface area contributed by atoms with Crippen molar-refractivity contribution in [2.75, 3.05) is 31.1 Å². The fraction of sp³-hybridized carbons (Fsp3) is 1.00. The van der Waals surface area contributed by atoms with Gasteiger partial charge in [-0.25, -0.2) is 0 Å². The summed E-state index contributed by atoms with van der Waals surface area (Å²) in [5.41, 5.74) is 0.0228. The number of hydrogen-bond donors (Lipinski definition) is 1. The Balaban J connectivity index is 2.41. The average molecular weight is 217 g/mol. The van der Waals surface area contributed by atoms with E-state index in [2.05, 4.69) is 18.7 Å². The topological polar surface area (TPSA) is 23.5 Å². The lowest BCUT2D eigenvalue weighted by Crippen LogP contribution is -2.41. The SMILES string of the molecule is CC(O)C(C)(C)CN1CCCSCC1. The summed E-state index contributed by atoms with van der Waals surface area (Å²) < 4.78 is 0. The Morgan fingerprint density at radius 2 is 2.07 bits per heavy atom. The first kappa shape index (κ1) is 12.3. The van der Waals surface area contributed by atoms with Crippen LogP contribution in [0, 0.1) is 5.41 Å². The molecule has 2 nitrogen and oxygen atoms in total. The van der Waals surface area contributed by atoms with Crippen molar-refractivity contribution in [3.63, 3.8) is 0 Å². The first-order valence-corrected chi connectivity index (χ1v) is 6.66. The summed E-state index contributed by atoms with van der Waals surface area (Å²) in [5.74, 6) is 2.54. The van der Waals surface area contributed by atoms with Gasteiger partial charge in [-0.2, -0.15) is 11.8 Å². The summed E-state index contributed by atoms with van der Waals surface area (Å²) in [6.45, 7) is 9.59. The van der Waals surface area contributed by atoms with E-state index in [0.29, 0.717) is 0 Å². The molecule has 0 aliphatic carbocycles. The molecule has 1 N–H and O–H groups in total. The molecule has 1 heterocycles. The van der Waals surface area contributed by atoms with Crippen LogP contribution >= 0.6 is 11.8 Å². The van der Waals surface area contributed by atoms with Gasteiger partial charge in [0.15, 0.2) is 0 Å². The normalized spacial score (nSPS) is 23.1. The monoisotopic (exact) mass is 217 g/mol. The summed E-state index contributed by atoms with van der Waals surface area (Å²) in [6, 6.07) is 0. The van der Waals surface area contributed by atoms with E-state index in [1.807, 2.05) is 18.7 Å². The Hall–Kier alpha value is 0.270. The Morgan fingerprint density at radius 1 is 1.36 bits per heavy atom. The van der Waals surface area contributed by atoms with Crippen molar-refractivity contribution in [2.24, 2.45) is 5.41 Å². The number of hydrogen-bond acceptors (Lipinski definition) is 3. The molecule has 3 heteroatoms. The van der Waals surface area contributed by atoms with Crippen molar-refractivity contribution in [2.45, 2.75) is 33.3 Å². The quantitative estimate of drug-likeness (QED) is 0.780. The zero-order valence-corrected chi connectivity index (χ0v) is 10.4. The van der Waals surface area contributed by atoms with Crippen LogP contribution in [0.15, 0.2) is 0 Å². The maximum absolute atomic E-state index is 9.65. The van der Waals surface area contributed by atoms with Crippen LogP contribution < -0.4 is 0 Å². The van der Waals surface area contributed by atoms with E-state index in [0.717, 1.165) is 6.54 Å². The van der Waals surface area contributed by atoms with Crippen molar-refractivity contribution in [3.05, 3.63) is 0 Å². The predicted octanol–water partition coefficient (Wildman–Crippen LogP) is 1.83. The highest BCUT2D eigenvalue weighted by Gasteiger charge is 2.27. The molecule has 1 unspecified atom stereocenters. The van der Waals surface area contributed by atoms with Crippen LogP contribution in [0.4, 0.5) is 0 Å². The van der Waals surface area contributed by atoms with Gasteiger partial charge < -0.3 is 10.0 Å². The molecule has 0 saturated carbocycles. The molecule has 84 valence electrons. The van der Waals surface area contributed by atoms with Gasteiger partial charge in [-0.15, -0.1) is 0 Å². The summed E-state index contributed by atoms with van der Waals surface area (Å²) in [6.07, 6.45) is 1.07. The number of aliphatic hydroxyl groups excluding tert-OH is 1. The van der Waals surface area contributed by atoms with E-state index in [1.165, 1.54) is 31.0 Å². The molecular formula is C11H23NOS. The second kappa shape index (κ2) is 5.38. The molecule has 0 spiro atoms. The molecule has 0 aromatic heterocycles. The van der Waals surface area contributed by atoms with Crippen LogP contribution in [0.5, 0.6) is 0 Å². The minimum absolute atomic E-state index is 0.0228. The Bertz CT molecular complexity index is 163. The van der Waals surface area contributed by atoms with E-state index >= 15 is 0 Å². The van der Waals surface area contributed by atoms with Crippen molar-refractivity contribution >= 4 is 11.8 Å². The number of nitrogens with zero attached hydrogens (tertiary/aromatic N) is 1. The molecule has 0 amide bonds. The number of thioether (sulfide) groups is 1. The third kappa shape index (κ3) is 3.79. The minimum Gasteiger partial charge on any atom is -0.393 e. The van der Waals surface area contributed by atoms with Gasteiger partial charge in [-0.05, 0) is 25.6 Å². The van der Waals surface area contributed by atoms with Crippen molar-refractivity contribution in [3.8, 4) is 0 Å². The Kier molecular flexibility index (Phi) is 4.74. The molecule has 1 aliphatic heterocycles. The second-order valence-electron chi connectivity index (χ2n) is 4.91. The second-order valence-corrected chi connectivity index (χ2v) is 6.13. The molecule has 1 fully saturated rings. The highest BCUT2D eigenvalue weighted by molar-refractivity contribution is 7.99. The van der Waals surface area contributed by atoms with Crippen molar-refractivity contribution in [1.29, 1.82) is 0 Å². The molecule has 0 radical (unpaired) electrons. The lowest BCUT2D eigenvalue weighted by atomic mass is 9.87. The van der Waals surface area contributed by atoms with Crippen LogP contribution in [0.1, 0.15) is 27.2 Å². The third-order valence-electron chi connectivity index (χ3n) is 3.08. The summed E-state index contributed by atoms with van der Waals surface area (Å²) in [5, 5.41) is 9.65. The molecule has 0 bridgehead atoms. The van der Waals surface area contributed by atoms with Crippen molar-refractivity contribution < 1.29 is 5.11 Å². The molecule has 1 rings (SSSR count). The predicted molar refractivity (Wildman–Crippen MR) is 63.8 cm³/mol. The van der Waals surface area contributed by atoms with Crippen LogP contribution in [0.2, 0.25) is 0 Å². The zero-order chi connectivity index (χ0) is 10.6. The van der Waals surface area contributed by atoms with E-state index in [9.17, 15) is 5.11 Å². The van der Waals surface area contributed by atoms with Crippen LogP contribution in [0.3, 0.4) is 0 Å². The van der Waals surface area contributed by atoms with Crippen LogP contribution in [-0.2, 0) is 0 Å². The van der Waals surface area contributed by atoms with Gasteiger partial charge in [0.2, 0.25) is 0 Å². The molecule has 1 aliphatic rings. The van der Waals surface area contributed by atoms with Gasteiger partial charge in [-0.1, -0.05) is 13.8 Å². The lowest BCUT2D eigenvalue weighted by Gasteiger charge is -2.34. The lowest BCUT2D eigenvalue weighted by molar-refractivity contribution is 0.0364.